The predicted molar refractivity (Wildman–Crippen MR) is 70.3 cm³/mol. The van der Waals surface area contributed by atoms with Crippen molar-refractivity contribution < 1.29 is 13.2 Å². The second kappa shape index (κ2) is 6.00. The van der Waals surface area contributed by atoms with Crippen LogP contribution < -0.4 is 5.32 Å². The Kier molecular flexibility index (Phi) is 4.56. The zero-order valence-corrected chi connectivity index (χ0v) is 12.1. The van der Waals surface area contributed by atoms with Gasteiger partial charge in [-0.05, 0) is 13.5 Å². The molecule has 0 amide bonds. The third-order valence-electron chi connectivity index (χ3n) is 3.07. The molecule has 19 heavy (non-hydrogen) atoms. The van der Waals surface area contributed by atoms with Crippen LogP contribution in [0.4, 0.5) is 0 Å². The van der Waals surface area contributed by atoms with Crippen molar-refractivity contribution in [3.63, 3.8) is 0 Å². The molecule has 108 valence electrons. The van der Waals surface area contributed by atoms with Gasteiger partial charge in [0, 0.05) is 19.6 Å². The van der Waals surface area contributed by atoms with Crippen molar-refractivity contribution in [3.05, 3.63) is 11.4 Å². The average Bonchev–Trinajstić information content (AvgIpc) is 2.79. The number of hydrogen-bond acceptors (Lipinski definition) is 5. The van der Waals surface area contributed by atoms with Crippen molar-refractivity contribution >= 4 is 10.0 Å². The number of H-pyrrole nitrogens is 1. The van der Waals surface area contributed by atoms with E-state index in [-0.39, 0.29) is 0 Å². The maximum atomic E-state index is 12.6. The number of nitrogens with one attached hydrogen (secondary N) is 2. The van der Waals surface area contributed by atoms with Crippen LogP contribution in [0.1, 0.15) is 18.3 Å². The van der Waals surface area contributed by atoms with Gasteiger partial charge in [0.1, 0.15) is 4.90 Å². The summed E-state index contributed by atoms with van der Waals surface area (Å²) in [7, 11) is -3.49. The number of morpholine rings is 1. The number of aromatic nitrogens is 2. The maximum absolute atomic E-state index is 12.6. The van der Waals surface area contributed by atoms with Gasteiger partial charge in [-0.25, -0.2) is 8.42 Å². The summed E-state index contributed by atoms with van der Waals surface area (Å²) >= 11 is 0. The molecular formula is C11H20N4O3S. The molecule has 1 aliphatic rings. The lowest BCUT2D eigenvalue weighted by Crippen LogP contribution is -2.41. The van der Waals surface area contributed by atoms with Crippen LogP contribution in [0.25, 0.3) is 0 Å². The Balaban J connectivity index is 2.30. The van der Waals surface area contributed by atoms with Gasteiger partial charge < -0.3 is 10.1 Å². The molecule has 0 aromatic carbocycles. The zero-order valence-electron chi connectivity index (χ0n) is 11.3. The van der Waals surface area contributed by atoms with Crippen molar-refractivity contribution in [3.8, 4) is 0 Å². The second-order valence-electron chi connectivity index (χ2n) is 4.42. The Hall–Kier alpha value is -0.960. The molecule has 0 radical (unpaired) electrons. The van der Waals surface area contributed by atoms with Crippen LogP contribution in [0, 0.1) is 6.92 Å². The molecule has 0 atom stereocenters. The first-order chi connectivity index (χ1) is 9.07. The fourth-order valence-corrected chi connectivity index (χ4v) is 3.83. The van der Waals surface area contributed by atoms with Crippen molar-refractivity contribution in [1.82, 2.24) is 19.8 Å². The van der Waals surface area contributed by atoms with Gasteiger partial charge in [0.25, 0.3) is 0 Å². The minimum absolute atomic E-state index is 0.301. The Morgan fingerprint density at radius 2 is 2.11 bits per heavy atom. The first kappa shape index (κ1) is 14.4. The van der Waals surface area contributed by atoms with E-state index in [0.717, 1.165) is 6.54 Å². The molecule has 1 aromatic heterocycles. The van der Waals surface area contributed by atoms with Gasteiger partial charge in [0.05, 0.1) is 24.6 Å². The lowest BCUT2D eigenvalue weighted by atomic mass is 10.3. The van der Waals surface area contributed by atoms with Crippen molar-refractivity contribution in [2.75, 3.05) is 32.8 Å². The van der Waals surface area contributed by atoms with E-state index in [2.05, 4.69) is 15.5 Å². The highest BCUT2D eigenvalue weighted by atomic mass is 32.2. The van der Waals surface area contributed by atoms with Crippen LogP contribution in [0.3, 0.4) is 0 Å². The fraction of sp³-hybridized carbons (Fsp3) is 0.727. The lowest BCUT2D eigenvalue weighted by Gasteiger charge is -2.26. The number of rotatable bonds is 5. The highest BCUT2D eigenvalue weighted by Gasteiger charge is 2.31. The standard InChI is InChI=1S/C11H20N4O3S/c1-3-12-8-10-11(9(2)13-14-10)19(16,17)15-4-6-18-7-5-15/h12H,3-8H2,1-2H3,(H,13,14). The summed E-state index contributed by atoms with van der Waals surface area (Å²) in [6.07, 6.45) is 0. The van der Waals surface area contributed by atoms with Crippen molar-refractivity contribution in [1.29, 1.82) is 0 Å². The van der Waals surface area contributed by atoms with Crippen LogP contribution in [-0.4, -0.2) is 55.8 Å². The smallest absolute Gasteiger partial charge is 0.246 e. The Morgan fingerprint density at radius 3 is 2.74 bits per heavy atom. The third-order valence-corrected chi connectivity index (χ3v) is 5.17. The topological polar surface area (TPSA) is 87.3 Å². The van der Waals surface area contributed by atoms with Crippen LogP contribution in [0.2, 0.25) is 0 Å². The Bertz CT molecular complexity index is 520. The van der Waals surface area contributed by atoms with Crippen molar-refractivity contribution in [2.24, 2.45) is 0 Å². The van der Waals surface area contributed by atoms with Crippen LogP contribution in [0.5, 0.6) is 0 Å². The van der Waals surface area contributed by atoms with E-state index in [1.165, 1.54) is 4.31 Å². The van der Waals surface area contributed by atoms with E-state index in [9.17, 15) is 8.42 Å². The summed E-state index contributed by atoms with van der Waals surface area (Å²) in [5, 5.41) is 9.96. The predicted octanol–water partition coefficient (Wildman–Crippen LogP) is -0.151. The maximum Gasteiger partial charge on any atom is 0.246 e. The molecular weight excluding hydrogens is 268 g/mol. The van der Waals surface area contributed by atoms with E-state index >= 15 is 0 Å². The summed E-state index contributed by atoms with van der Waals surface area (Å²) in [6, 6.07) is 0. The van der Waals surface area contributed by atoms with E-state index in [1.54, 1.807) is 6.92 Å². The monoisotopic (exact) mass is 288 g/mol. The molecule has 0 unspecified atom stereocenters. The molecule has 1 aromatic rings. The third kappa shape index (κ3) is 2.97. The fourth-order valence-electron chi connectivity index (χ4n) is 2.09. The highest BCUT2D eigenvalue weighted by molar-refractivity contribution is 7.89. The minimum Gasteiger partial charge on any atom is -0.379 e. The van der Waals surface area contributed by atoms with E-state index in [1.807, 2.05) is 6.92 Å². The molecule has 1 aliphatic heterocycles. The van der Waals surface area contributed by atoms with Gasteiger partial charge in [-0.1, -0.05) is 6.92 Å². The van der Waals surface area contributed by atoms with Gasteiger partial charge in [0.15, 0.2) is 0 Å². The first-order valence-electron chi connectivity index (χ1n) is 6.39. The van der Waals surface area contributed by atoms with Crippen LogP contribution in [-0.2, 0) is 21.3 Å². The largest absolute Gasteiger partial charge is 0.379 e. The Labute approximate surface area is 113 Å². The molecule has 2 rings (SSSR count). The SMILES string of the molecule is CCNCc1n[nH]c(C)c1S(=O)(=O)N1CCOCC1. The van der Waals surface area contributed by atoms with Crippen molar-refractivity contribution in [2.45, 2.75) is 25.3 Å². The minimum atomic E-state index is -3.49. The van der Waals surface area contributed by atoms with E-state index in [4.69, 9.17) is 4.74 Å². The summed E-state index contributed by atoms with van der Waals surface area (Å²) in [5.41, 5.74) is 1.13. The normalized spacial score (nSPS) is 17.8. The number of hydrogen-bond donors (Lipinski definition) is 2. The summed E-state index contributed by atoms with van der Waals surface area (Å²) in [6.45, 7) is 6.59. The quantitative estimate of drug-likeness (QED) is 0.786. The van der Waals surface area contributed by atoms with Gasteiger partial charge in [-0.15, -0.1) is 0 Å². The van der Waals surface area contributed by atoms with Gasteiger partial charge >= 0.3 is 0 Å². The molecule has 0 aliphatic carbocycles. The molecule has 7 nitrogen and oxygen atoms in total. The second-order valence-corrected chi connectivity index (χ2v) is 6.30. The zero-order chi connectivity index (χ0) is 13.9. The van der Waals surface area contributed by atoms with Gasteiger partial charge in [-0.2, -0.15) is 9.40 Å². The number of ether oxygens (including phenoxy) is 1. The molecule has 0 saturated carbocycles. The number of aryl methyl sites for hydroxylation is 1. The molecule has 0 spiro atoms. The van der Waals surface area contributed by atoms with Gasteiger partial charge in [-0.3, -0.25) is 5.10 Å². The van der Waals surface area contributed by atoms with Crippen LogP contribution >= 0.6 is 0 Å². The first-order valence-corrected chi connectivity index (χ1v) is 7.83. The summed E-state index contributed by atoms with van der Waals surface area (Å²) < 4.78 is 31.9. The molecule has 2 heterocycles. The molecule has 1 fully saturated rings. The summed E-state index contributed by atoms with van der Waals surface area (Å²) in [4.78, 5) is 0.301. The number of nitrogens with zero attached hydrogens (tertiary/aromatic N) is 2. The van der Waals surface area contributed by atoms with E-state index in [0.29, 0.717) is 49.1 Å². The molecule has 0 bridgehead atoms. The molecule has 1 saturated heterocycles. The number of aromatic amines is 1. The highest BCUT2D eigenvalue weighted by Crippen LogP contribution is 2.22. The van der Waals surface area contributed by atoms with E-state index < -0.39 is 10.0 Å². The number of sulfonamides is 1. The molecule has 8 heteroatoms. The average molecular weight is 288 g/mol. The van der Waals surface area contributed by atoms with Gasteiger partial charge in [0.2, 0.25) is 10.0 Å². The lowest BCUT2D eigenvalue weighted by molar-refractivity contribution is 0.0730. The molecule has 2 N–H and O–H groups in total. The Morgan fingerprint density at radius 1 is 1.42 bits per heavy atom. The summed E-state index contributed by atoms with van der Waals surface area (Å²) in [5.74, 6) is 0. The van der Waals surface area contributed by atoms with Crippen LogP contribution in [0.15, 0.2) is 4.90 Å².